The molecule has 1 aliphatic carbocycles. The van der Waals surface area contributed by atoms with Crippen LogP contribution >= 0.6 is 0 Å². The molecule has 1 N–H and O–H groups in total. The van der Waals surface area contributed by atoms with Gasteiger partial charge in [0.15, 0.2) is 6.61 Å². The van der Waals surface area contributed by atoms with E-state index in [9.17, 15) is 24.0 Å². The van der Waals surface area contributed by atoms with Gasteiger partial charge in [-0.05, 0) is 25.0 Å². The van der Waals surface area contributed by atoms with Gasteiger partial charge in [0.1, 0.15) is 0 Å². The first-order valence-electron chi connectivity index (χ1n) is 9.02. The van der Waals surface area contributed by atoms with Crippen LogP contribution in [0, 0.1) is 11.8 Å². The van der Waals surface area contributed by atoms with Gasteiger partial charge in [0.2, 0.25) is 11.8 Å². The number of likely N-dealkylation sites (tertiary alicyclic amines) is 1. The topological polar surface area (TPSA) is 110 Å². The highest BCUT2D eigenvalue weighted by atomic mass is 16.5. The molecule has 3 rings (SSSR count). The van der Waals surface area contributed by atoms with E-state index in [0.717, 1.165) is 4.90 Å². The van der Waals surface area contributed by atoms with Gasteiger partial charge >= 0.3 is 5.97 Å². The Morgan fingerprint density at radius 3 is 2.21 bits per heavy atom. The zero-order valence-electron chi connectivity index (χ0n) is 15.1. The largest absolute Gasteiger partial charge is 0.456 e. The van der Waals surface area contributed by atoms with E-state index in [0.29, 0.717) is 18.4 Å². The number of rotatable bonds is 6. The smallest absolute Gasteiger partial charge is 0.308 e. The second kappa shape index (κ2) is 8.60. The summed E-state index contributed by atoms with van der Waals surface area (Å²) < 4.78 is 4.82. The number of hydrogen-bond acceptors (Lipinski definition) is 6. The van der Waals surface area contributed by atoms with Crippen LogP contribution in [0.3, 0.4) is 0 Å². The molecule has 8 nitrogen and oxygen atoms in total. The van der Waals surface area contributed by atoms with Gasteiger partial charge in [-0.25, -0.2) is 0 Å². The van der Waals surface area contributed by atoms with Gasteiger partial charge in [0.05, 0.1) is 18.3 Å². The van der Waals surface area contributed by atoms with Crippen molar-refractivity contribution < 1.29 is 28.7 Å². The van der Waals surface area contributed by atoms with E-state index in [2.05, 4.69) is 5.32 Å². The van der Waals surface area contributed by atoms with Gasteiger partial charge in [-0.2, -0.15) is 0 Å². The van der Waals surface area contributed by atoms with Crippen molar-refractivity contribution in [2.45, 2.75) is 19.3 Å². The molecule has 0 radical (unpaired) electrons. The minimum Gasteiger partial charge on any atom is -0.456 e. The first kappa shape index (κ1) is 19.5. The summed E-state index contributed by atoms with van der Waals surface area (Å²) >= 11 is 0. The van der Waals surface area contributed by atoms with Crippen LogP contribution in [0.25, 0.3) is 0 Å². The molecule has 0 bridgehead atoms. The van der Waals surface area contributed by atoms with E-state index >= 15 is 0 Å². The molecular weight excluding hydrogens is 364 g/mol. The number of benzene rings is 1. The zero-order chi connectivity index (χ0) is 20.1. The van der Waals surface area contributed by atoms with Crippen LogP contribution in [0.1, 0.15) is 29.6 Å². The van der Waals surface area contributed by atoms with Crippen molar-refractivity contribution in [3.8, 4) is 0 Å². The zero-order valence-corrected chi connectivity index (χ0v) is 15.1. The van der Waals surface area contributed by atoms with Crippen molar-refractivity contribution in [2.75, 3.05) is 13.2 Å². The van der Waals surface area contributed by atoms with Crippen LogP contribution in [-0.4, -0.2) is 47.6 Å². The highest BCUT2D eigenvalue weighted by Crippen LogP contribution is 2.34. The Morgan fingerprint density at radius 1 is 1.00 bits per heavy atom. The summed E-state index contributed by atoms with van der Waals surface area (Å²) in [6.45, 7) is -0.692. The monoisotopic (exact) mass is 384 g/mol. The predicted octanol–water partition coefficient (Wildman–Crippen LogP) is 0.828. The van der Waals surface area contributed by atoms with E-state index in [1.54, 1.807) is 30.3 Å². The molecule has 0 unspecified atom stereocenters. The number of imide groups is 2. The number of hydrogen-bond donors (Lipinski definition) is 1. The van der Waals surface area contributed by atoms with Crippen molar-refractivity contribution in [3.63, 3.8) is 0 Å². The van der Waals surface area contributed by atoms with Crippen molar-refractivity contribution in [2.24, 2.45) is 11.8 Å². The quantitative estimate of drug-likeness (QED) is 0.442. The van der Waals surface area contributed by atoms with Gasteiger partial charge in [-0.15, -0.1) is 0 Å². The van der Waals surface area contributed by atoms with Gasteiger partial charge in [0, 0.05) is 12.1 Å². The molecule has 1 fully saturated rings. The first-order valence-corrected chi connectivity index (χ1v) is 9.02. The van der Waals surface area contributed by atoms with Crippen LogP contribution in [-0.2, 0) is 23.9 Å². The normalized spacial score (nSPS) is 20.6. The molecule has 1 saturated heterocycles. The lowest BCUT2D eigenvalue weighted by molar-refractivity contribution is -0.149. The fourth-order valence-corrected chi connectivity index (χ4v) is 3.34. The van der Waals surface area contributed by atoms with Crippen LogP contribution in [0.15, 0.2) is 42.5 Å². The average Bonchev–Trinajstić information content (AvgIpc) is 2.96. The summed E-state index contributed by atoms with van der Waals surface area (Å²) in [5.41, 5.74) is 0.309. The Balaban J connectivity index is 1.41. The number of carbonyl (C=O) groups excluding carboxylic acids is 5. The van der Waals surface area contributed by atoms with Crippen LogP contribution in [0.5, 0.6) is 0 Å². The summed E-state index contributed by atoms with van der Waals surface area (Å²) in [6, 6.07) is 8.15. The molecule has 1 aliphatic heterocycles. The fraction of sp³-hybridized carbons (Fsp3) is 0.350. The summed E-state index contributed by atoms with van der Waals surface area (Å²) in [5.74, 6) is -3.29. The Hall–Kier alpha value is -3.29. The lowest BCUT2D eigenvalue weighted by Crippen LogP contribution is -2.35. The summed E-state index contributed by atoms with van der Waals surface area (Å²) in [6.07, 6.45) is 4.64. The molecular formula is C20H20N2O6. The molecule has 1 aromatic rings. The third-order valence-electron chi connectivity index (χ3n) is 4.79. The first-order chi connectivity index (χ1) is 13.5. The highest BCUT2D eigenvalue weighted by Gasteiger charge is 2.46. The van der Waals surface area contributed by atoms with Crippen molar-refractivity contribution >= 4 is 29.6 Å². The molecule has 146 valence electrons. The number of nitrogens with zero attached hydrogens (tertiary/aromatic N) is 1. The van der Waals surface area contributed by atoms with Gasteiger partial charge in [-0.1, -0.05) is 30.4 Å². The molecule has 2 atom stereocenters. The van der Waals surface area contributed by atoms with Gasteiger partial charge < -0.3 is 4.74 Å². The number of fused-ring (bicyclic) bond motifs is 1. The minimum absolute atomic E-state index is 0.0753. The Labute approximate surface area is 161 Å². The number of amides is 4. The molecule has 4 amide bonds. The molecule has 8 heteroatoms. The SMILES string of the molecule is O=C(COC(=O)CCN1C(=O)[C@H]2CC=CC[C@H]2C1=O)NC(=O)c1ccccc1. The molecule has 0 aromatic heterocycles. The maximum atomic E-state index is 12.3. The highest BCUT2D eigenvalue weighted by molar-refractivity contribution is 6.06. The Morgan fingerprint density at radius 2 is 1.61 bits per heavy atom. The third kappa shape index (κ3) is 4.33. The molecule has 0 spiro atoms. The number of esters is 1. The number of ether oxygens (including phenoxy) is 1. The maximum absolute atomic E-state index is 12.3. The van der Waals surface area contributed by atoms with E-state index in [4.69, 9.17) is 4.74 Å². The van der Waals surface area contributed by atoms with E-state index in [1.165, 1.54) is 0 Å². The van der Waals surface area contributed by atoms with Crippen LogP contribution in [0.2, 0.25) is 0 Å². The number of nitrogens with one attached hydrogen (secondary N) is 1. The van der Waals surface area contributed by atoms with E-state index in [-0.39, 0.29) is 36.6 Å². The molecule has 1 heterocycles. The molecule has 28 heavy (non-hydrogen) atoms. The average molecular weight is 384 g/mol. The Bertz CT molecular complexity index is 806. The minimum atomic E-state index is -0.757. The standard InChI is InChI=1S/C20H20N2O6/c23-16(21-18(25)13-6-2-1-3-7-13)12-28-17(24)10-11-22-19(26)14-8-4-5-9-15(14)20(22)27/h1-7,14-15H,8-12H2,(H,21,23,25)/t14-,15+. The second-order valence-corrected chi connectivity index (χ2v) is 6.64. The van der Waals surface area contributed by atoms with Crippen LogP contribution in [0.4, 0.5) is 0 Å². The van der Waals surface area contributed by atoms with Gasteiger partial charge in [0.25, 0.3) is 11.8 Å². The molecule has 0 saturated carbocycles. The Kier molecular flexibility index (Phi) is 5.98. The summed E-state index contributed by atoms with van der Waals surface area (Å²) in [5, 5.41) is 2.12. The lowest BCUT2D eigenvalue weighted by Gasteiger charge is -2.14. The molecule has 1 aromatic carbocycles. The number of carbonyl (C=O) groups is 5. The van der Waals surface area contributed by atoms with Crippen molar-refractivity contribution in [3.05, 3.63) is 48.0 Å². The second-order valence-electron chi connectivity index (χ2n) is 6.64. The van der Waals surface area contributed by atoms with E-state index in [1.807, 2.05) is 12.2 Å². The fourth-order valence-electron chi connectivity index (χ4n) is 3.34. The lowest BCUT2D eigenvalue weighted by atomic mass is 9.85. The van der Waals surface area contributed by atoms with E-state index < -0.39 is 24.4 Å². The third-order valence-corrected chi connectivity index (χ3v) is 4.79. The van der Waals surface area contributed by atoms with Crippen molar-refractivity contribution in [1.82, 2.24) is 10.2 Å². The number of allylic oxidation sites excluding steroid dienone is 2. The summed E-state index contributed by atoms with van der Waals surface area (Å²) in [4.78, 5) is 61.1. The summed E-state index contributed by atoms with van der Waals surface area (Å²) in [7, 11) is 0. The maximum Gasteiger partial charge on any atom is 0.308 e. The van der Waals surface area contributed by atoms with Crippen molar-refractivity contribution in [1.29, 1.82) is 0 Å². The predicted molar refractivity (Wildman–Crippen MR) is 96.6 cm³/mol. The van der Waals surface area contributed by atoms with Gasteiger partial charge in [-0.3, -0.25) is 34.2 Å². The molecule has 2 aliphatic rings. The van der Waals surface area contributed by atoms with Crippen LogP contribution < -0.4 is 5.32 Å².